The average Bonchev–Trinajstić information content (AvgIpc) is 2.84. The van der Waals surface area contributed by atoms with Gasteiger partial charge in [-0.15, -0.1) is 0 Å². The third-order valence-corrected chi connectivity index (χ3v) is 5.41. The minimum Gasteiger partial charge on any atom is -0.481 e. The molecule has 8 heteroatoms. The van der Waals surface area contributed by atoms with Crippen molar-refractivity contribution >= 4 is 50.3 Å². The lowest BCUT2D eigenvalue weighted by Crippen LogP contribution is -2.40. The summed E-state index contributed by atoms with van der Waals surface area (Å²) in [7, 11) is 0. The van der Waals surface area contributed by atoms with Gasteiger partial charge in [0.25, 0.3) is 0 Å². The van der Waals surface area contributed by atoms with Crippen LogP contribution >= 0.6 is 27.5 Å². The van der Waals surface area contributed by atoms with Crippen molar-refractivity contribution < 1.29 is 14.7 Å². The van der Waals surface area contributed by atoms with Crippen LogP contribution in [-0.4, -0.2) is 38.6 Å². The molecule has 3 rings (SSSR count). The van der Waals surface area contributed by atoms with Gasteiger partial charge in [-0.05, 0) is 45.0 Å². The van der Waals surface area contributed by atoms with Gasteiger partial charge in [0.2, 0.25) is 5.91 Å². The molecule has 0 spiro atoms. The van der Waals surface area contributed by atoms with E-state index in [1.54, 1.807) is 4.90 Å². The number of aromatic nitrogens is 2. The van der Waals surface area contributed by atoms with Crippen LogP contribution in [0.2, 0.25) is 5.15 Å². The molecule has 1 atom stereocenters. The third kappa shape index (κ3) is 3.74. The van der Waals surface area contributed by atoms with Gasteiger partial charge in [-0.2, -0.15) is 5.10 Å². The number of H-pyrrole nitrogens is 1. The van der Waals surface area contributed by atoms with E-state index in [0.717, 1.165) is 26.5 Å². The van der Waals surface area contributed by atoms with Gasteiger partial charge in [-0.1, -0.05) is 32.4 Å². The SMILES string of the molecule is CC(C)(C)CN1Cc2c(cc(Br)c3[nH]nc(Cl)c23)CC(CC(=O)O)C1=O. The van der Waals surface area contributed by atoms with Crippen molar-refractivity contribution in [1.82, 2.24) is 15.1 Å². The number of carbonyl (C=O) groups excluding carboxylic acids is 1. The molecule has 0 fully saturated rings. The largest absolute Gasteiger partial charge is 0.481 e. The number of halogens is 2. The van der Waals surface area contributed by atoms with Crippen LogP contribution in [0.3, 0.4) is 0 Å². The molecule has 2 heterocycles. The lowest BCUT2D eigenvalue weighted by Gasteiger charge is -2.31. The van der Waals surface area contributed by atoms with Gasteiger partial charge in [-0.3, -0.25) is 14.7 Å². The second-order valence-corrected chi connectivity index (χ2v) is 9.23. The summed E-state index contributed by atoms with van der Waals surface area (Å²) >= 11 is 9.83. The second kappa shape index (κ2) is 6.85. The predicted octanol–water partition coefficient (Wildman–Crippen LogP) is 4.00. The van der Waals surface area contributed by atoms with Gasteiger partial charge in [0, 0.05) is 22.9 Å². The summed E-state index contributed by atoms with van der Waals surface area (Å²) in [5, 5.41) is 17.4. The number of amides is 1. The fraction of sp³-hybridized carbons (Fsp3) is 0.500. The number of nitrogens with zero attached hydrogens (tertiary/aromatic N) is 2. The highest BCUT2D eigenvalue weighted by atomic mass is 79.9. The van der Waals surface area contributed by atoms with Crippen LogP contribution in [-0.2, 0) is 22.6 Å². The first-order valence-corrected chi connectivity index (χ1v) is 9.58. The minimum atomic E-state index is -0.969. The molecule has 0 saturated heterocycles. The Balaban J connectivity index is 2.16. The summed E-state index contributed by atoms with van der Waals surface area (Å²) in [5.74, 6) is -1.68. The summed E-state index contributed by atoms with van der Waals surface area (Å²) in [6, 6.07) is 1.94. The zero-order valence-corrected chi connectivity index (χ0v) is 17.2. The Bertz CT molecular complexity index is 888. The molecule has 0 radical (unpaired) electrons. The van der Waals surface area contributed by atoms with Crippen molar-refractivity contribution in [3.63, 3.8) is 0 Å². The Hall–Kier alpha value is -1.60. The molecule has 1 aromatic heterocycles. The zero-order valence-electron chi connectivity index (χ0n) is 14.9. The van der Waals surface area contributed by atoms with E-state index in [4.69, 9.17) is 11.6 Å². The second-order valence-electron chi connectivity index (χ2n) is 8.01. The van der Waals surface area contributed by atoms with Gasteiger partial charge in [0.05, 0.1) is 17.9 Å². The molecule has 1 unspecified atom stereocenters. The number of carbonyl (C=O) groups is 2. The van der Waals surface area contributed by atoms with Crippen LogP contribution in [0.25, 0.3) is 10.9 Å². The van der Waals surface area contributed by atoms with Crippen LogP contribution in [0, 0.1) is 11.3 Å². The summed E-state index contributed by atoms with van der Waals surface area (Å²) in [6.07, 6.45) is 0.185. The minimum absolute atomic E-state index is 0.109. The molecular weight excluding hydrogens is 422 g/mol. The number of carboxylic acids is 1. The van der Waals surface area contributed by atoms with E-state index >= 15 is 0 Å². The molecule has 6 nitrogen and oxygen atoms in total. The number of rotatable bonds is 3. The molecule has 1 aromatic carbocycles. The van der Waals surface area contributed by atoms with E-state index in [2.05, 4.69) is 46.9 Å². The van der Waals surface area contributed by atoms with Gasteiger partial charge in [0.15, 0.2) is 5.15 Å². The van der Waals surface area contributed by atoms with Crippen molar-refractivity contribution in [2.45, 2.75) is 40.2 Å². The number of hydrogen-bond donors (Lipinski definition) is 2. The zero-order chi connectivity index (χ0) is 19.2. The van der Waals surface area contributed by atoms with Crippen LogP contribution < -0.4 is 0 Å². The Morgan fingerprint density at radius 2 is 2.19 bits per heavy atom. The van der Waals surface area contributed by atoms with Crippen molar-refractivity contribution in [3.8, 4) is 0 Å². The van der Waals surface area contributed by atoms with E-state index < -0.39 is 11.9 Å². The van der Waals surface area contributed by atoms with E-state index in [0.29, 0.717) is 24.7 Å². The van der Waals surface area contributed by atoms with E-state index in [1.165, 1.54) is 0 Å². The molecule has 26 heavy (non-hydrogen) atoms. The van der Waals surface area contributed by atoms with E-state index in [9.17, 15) is 14.7 Å². The number of aromatic amines is 1. The first kappa shape index (κ1) is 19.2. The number of benzene rings is 1. The molecule has 1 aliphatic heterocycles. The first-order chi connectivity index (χ1) is 12.1. The van der Waals surface area contributed by atoms with Crippen molar-refractivity contribution in [1.29, 1.82) is 0 Å². The summed E-state index contributed by atoms with van der Waals surface area (Å²) in [5.41, 5.74) is 2.55. The molecule has 140 valence electrons. The molecule has 0 saturated carbocycles. The standard InChI is InChI=1S/C18H21BrClN3O3/c1-18(2,3)8-23-7-11-9(4-10(17(23)26)6-13(24)25)5-12(19)15-14(11)16(20)22-21-15/h5,10H,4,6-8H2,1-3H3,(H,21,22)(H,24,25). The fourth-order valence-corrected chi connectivity index (χ4v) is 4.37. The maximum absolute atomic E-state index is 13.1. The maximum Gasteiger partial charge on any atom is 0.304 e. The first-order valence-electron chi connectivity index (χ1n) is 8.41. The Labute approximate surface area is 165 Å². The maximum atomic E-state index is 13.1. The highest BCUT2D eigenvalue weighted by Crippen LogP contribution is 2.37. The van der Waals surface area contributed by atoms with Crippen molar-refractivity contribution in [2.24, 2.45) is 11.3 Å². The topological polar surface area (TPSA) is 86.3 Å². The van der Waals surface area contributed by atoms with Crippen LogP contribution in [0.5, 0.6) is 0 Å². The lowest BCUT2D eigenvalue weighted by molar-refractivity contribution is -0.145. The summed E-state index contributed by atoms with van der Waals surface area (Å²) in [6.45, 7) is 7.10. The third-order valence-electron chi connectivity index (χ3n) is 4.51. The van der Waals surface area contributed by atoms with Gasteiger partial charge < -0.3 is 10.0 Å². The molecule has 0 bridgehead atoms. The normalized spacial score (nSPS) is 18.1. The molecule has 1 amide bonds. The summed E-state index contributed by atoms with van der Waals surface area (Å²) in [4.78, 5) is 26.1. The quantitative estimate of drug-likeness (QED) is 0.752. The van der Waals surface area contributed by atoms with Crippen LogP contribution in [0.4, 0.5) is 0 Å². The van der Waals surface area contributed by atoms with Gasteiger partial charge in [0.1, 0.15) is 0 Å². The monoisotopic (exact) mass is 441 g/mol. The summed E-state index contributed by atoms with van der Waals surface area (Å²) < 4.78 is 0.802. The van der Waals surface area contributed by atoms with Crippen molar-refractivity contribution in [3.05, 3.63) is 26.8 Å². The molecule has 1 aliphatic rings. The highest BCUT2D eigenvalue weighted by molar-refractivity contribution is 9.10. The van der Waals surface area contributed by atoms with Gasteiger partial charge >= 0.3 is 5.97 Å². The number of aliphatic carboxylic acids is 1. The molecule has 2 N–H and O–H groups in total. The van der Waals surface area contributed by atoms with Crippen LogP contribution in [0.1, 0.15) is 38.3 Å². The average molecular weight is 443 g/mol. The fourth-order valence-electron chi connectivity index (χ4n) is 3.56. The number of hydrogen-bond acceptors (Lipinski definition) is 3. The van der Waals surface area contributed by atoms with Crippen molar-refractivity contribution in [2.75, 3.05) is 6.54 Å². The highest BCUT2D eigenvalue weighted by Gasteiger charge is 2.34. The lowest BCUT2D eigenvalue weighted by atomic mass is 9.92. The van der Waals surface area contributed by atoms with Gasteiger partial charge in [-0.25, -0.2) is 0 Å². The molecule has 2 aromatic rings. The van der Waals surface area contributed by atoms with E-state index in [1.807, 2.05) is 6.07 Å². The number of carboxylic acid groups (broad SMARTS) is 1. The number of fused-ring (bicyclic) bond motifs is 3. The number of nitrogens with one attached hydrogen (secondary N) is 1. The Kier molecular flexibility index (Phi) is 5.05. The predicted molar refractivity (Wildman–Crippen MR) is 103 cm³/mol. The Morgan fingerprint density at radius 3 is 2.81 bits per heavy atom. The Morgan fingerprint density at radius 1 is 1.50 bits per heavy atom. The smallest absolute Gasteiger partial charge is 0.304 e. The molecule has 0 aliphatic carbocycles. The van der Waals surface area contributed by atoms with Crippen LogP contribution in [0.15, 0.2) is 10.5 Å². The molecular formula is C18H21BrClN3O3. The van der Waals surface area contributed by atoms with E-state index in [-0.39, 0.29) is 17.7 Å².